The minimum atomic E-state index is -0.891. The fourth-order valence-corrected chi connectivity index (χ4v) is 0.969. The summed E-state index contributed by atoms with van der Waals surface area (Å²) in [5, 5.41) is 11.7. The smallest absolute Gasteiger partial charge is 0.323 e. The van der Waals surface area contributed by atoms with Gasteiger partial charge in [-0.25, -0.2) is 0 Å². The summed E-state index contributed by atoms with van der Waals surface area (Å²) >= 11 is 0. The lowest BCUT2D eigenvalue weighted by atomic mass is 10.1. The molecule has 0 aliphatic heterocycles. The van der Waals surface area contributed by atoms with Gasteiger partial charge in [0.2, 0.25) is 0 Å². The molecule has 0 heterocycles. The van der Waals surface area contributed by atoms with Gasteiger partial charge in [-0.15, -0.1) is 0 Å². The van der Waals surface area contributed by atoms with Crippen LogP contribution in [0.3, 0.4) is 0 Å². The zero-order valence-electron chi connectivity index (χ0n) is 8.05. The number of hydrogen-bond acceptors (Lipinski definition) is 3. The Morgan fingerprint density at radius 2 is 2.17 bits per heavy atom. The topological polar surface area (TPSA) is 58.6 Å². The van der Waals surface area contributed by atoms with Crippen LogP contribution in [0, 0.1) is 0 Å². The standard InChI is InChI=1S/C8H17NO3/c1-6(5-12-4)9-8(2,3)7(10)11/h6,9H,5H2,1-4H3,(H,10,11). The van der Waals surface area contributed by atoms with Gasteiger partial charge >= 0.3 is 5.97 Å². The molecule has 0 radical (unpaired) electrons. The third-order valence-electron chi connectivity index (χ3n) is 1.56. The molecule has 0 saturated carbocycles. The Bertz CT molecular complexity index is 156. The van der Waals surface area contributed by atoms with Gasteiger partial charge in [0, 0.05) is 13.2 Å². The van der Waals surface area contributed by atoms with E-state index in [0.29, 0.717) is 6.61 Å². The van der Waals surface area contributed by atoms with Crippen molar-refractivity contribution in [3.05, 3.63) is 0 Å². The predicted octanol–water partition coefficient (Wildman–Crippen LogP) is 0.474. The summed E-state index contributed by atoms with van der Waals surface area (Å²) in [6.07, 6.45) is 0. The highest BCUT2D eigenvalue weighted by molar-refractivity contribution is 5.77. The molecule has 0 rings (SSSR count). The van der Waals surface area contributed by atoms with Crippen LogP contribution in [0.1, 0.15) is 20.8 Å². The molecule has 0 aromatic heterocycles. The number of methoxy groups -OCH3 is 1. The van der Waals surface area contributed by atoms with Crippen molar-refractivity contribution in [1.82, 2.24) is 5.32 Å². The Balaban J connectivity index is 3.96. The summed E-state index contributed by atoms with van der Waals surface area (Å²) in [4.78, 5) is 10.7. The summed E-state index contributed by atoms with van der Waals surface area (Å²) in [6, 6.07) is 0.0427. The number of nitrogens with one attached hydrogen (secondary N) is 1. The first-order valence-corrected chi connectivity index (χ1v) is 3.90. The van der Waals surface area contributed by atoms with Crippen molar-refractivity contribution in [3.8, 4) is 0 Å². The molecule has 2 N–H and O–H groups in total. The van der Waals surface area contributed by atoms with Crippen LogP contribution in [0.15, 0.2) is 0 Å². The maximum Gasteiger partial charge on any atom is 0.323 e. The number of carboxylic acid groups (broad SMARTS) is 1. The Labute approximate surface area is 72.9 Å². The fraction of sp³-hybridized carbons (Fsp3) is 0.875. The van der Waals surface area contributed by atoms with E-state index in [1.807, 2.05) is 6.92 Å². The first kappa shape index (κ1) is 11.4. The van der Waals surface area contributed by atoms with Crippen molar-refractivity contribution in [2.45, 2.75) is 32.4 Å². The minimum Gasteiger partial charge on any atom is -0.480 e. The van der Waals surface area contributed by atoms with E-state index in [-0.39, 0.29) is 6.04 Å². The number of rotatable bonds is 5. The van der Waals surface area contributed by atoms with E-state index >= 15 is 0 Å². The quantitative estimate of drug-likeness (QED) is 0.638. The van der Waals surface area contributed by atoms with Crippen LogP contribution in [0.2, 0.25) is 0 Å². The largest absolute Gasteiger partial charge is 0.480 e. The van der Waals surface area contributed by atoms with Gasteiger partial charge in [0.1, 0.15) is 5.54 Å². The van der Waals surface area contributed by atoms with Crippen molar-refractivity contribution in [3.63, 3.8) is 0 Å². The van der Waals surface area contributed by atoms with Crippen LogP contribution in [0.5, 0.6) is 0 Å². The van der Waals surface area contributed by atoms with Crippen LogP contribution in [0.25, 0.3) is 0 Å². The van der Waals surface area contributed by atoms with Crippen LogP contribution >= 0.6 is 0 Å². The SMILES string of the molecule is COCC(C)NC(C)(C)C(=O)O. The van der Waals surface area contributed by atoms with E-state index in [9.17, 15) is 4.79 Å². The maximum absolute atomic E-state index is 10.7. The number of carboxylic acids is 1. The minimum absolute atomic E-state index is 0.0427. The molecule has 0 aliphatic carbocycles. The molecular formula is C8H17NO3. The van der Waals surface area contributed by atoms with Crippen LogP contribution < -0.4 is 5.32 Å². The number of ether oxygens (including phenoxy) is 1. The van der Waals surface area contributed by atoms with Crippen molar-refractivity contribution in [2.24, 2.45) is 0 Å². The molecule has 0 spiro atoms. The first-order chi connectivity index (χ1) is 5.40. The van der Waals surface area contributed by atoms with Gasteiger partial charge in [-0.05, 0) is 20.8 Å². The molecule has 0 amide bonds. The van der Waals surface area contributed by atoms with E-state index in [4.69, 9.17) is 9.84 Å². The molecule has 0 saturated heterocycles. The van der Waals surface area contributed by atoms with Crippen LogP contribution in [0.4, 0.5) is 0 Å². The van der Waals surface area contributed by atoms with Gasteiger partial charge in [-0.2, -0.15) is 0 Å². The molecule has 12 heavy (non-hydrogen) atoms. The van der Waals surface area contributed by atoms with E-state index in [1.165, 1.54) is 0 Å². The molecular weight excluding hydrogens is 158 g/mol. The average Bonchev–Trinajstić information content (AvgIpc) is 1.85. The highest BCUT2D eigenvalue weighted by Crippen LogP contribution is 2.03. The maximum atomic E-state index is 10.7. The molecule has 1 atom stereocenters. The van der Waals surface area contributed by atoms with Gasteiger partial charge in [0.05, 0.1) is 6.61 Å². The van der Waals surface area contributed by atoms with Crippen LogP contribution in [-0.2, 0) is 9.53 Å². The molecule has 0 fully saturated rings. The first-order valence-electron chi connectivity index (χ1n) is 3.90. The lowest BCUT2D eigenvalue weighted by Gasteiger charge is -2.25. The molecule has 0 aliphatic rings. The lowest BCUT2D eigenvalue weighted by molar-refractivity contribution is -0.143. The second kappa shape index (κ2) is 4.42. The Morgan fingerprint density at radius 1 is 1.67 bits per heavy atom. The molecule has 4 heteroatoms. The molecule has 0 aromatic rings. The predicted molar refractivity (Wildman–Crippen MR) is 46.2 cm³/mol. The van der Waals surface area contributed by atoms with E-state index in [0.717, 1.165) is 0 Å². The molecule has 0 bridgehead atoms. The van der Waals surface area contributed by atoms with Gasteiger partial charge in [-0.1, -0.05) is 0 Å². The van der Waals surface area contributed by atoms with Crippen molar-refractivity contribution in [2.75, 3.05) is 13.7 Å². The van der Waals surface area contributed by atoms with E-state index in [2.05, 4.69) is 5.32 Å². The molecule has 1 unspecified atom stereocenters. The van der Waals surface area contributed by atoms with Gasteiger partial charge in [0.15, 0.2) is 0 Å². The second-order valence-corrected chi connectivity index (χ2v) is 3.43. The number of hydrogen-bond donors (Lipinski definition) is 2. The van der Waals surface area contributed by atoms with E-state index in [1.54, 1.807) is 21.0 Å². The Kier molecular flexibility index (Phi) is 4.20. The van der Waals surface area contributed by atoms with E-state index < -0.39 is 11.5 Å². The van der Waals surface area contributed by atoms with Gasteiger partial charge in [-0.3, -0.25) is 10.1 Å². The summed E-state index contributed by atoms with van der Waals surface area (Å²) in [5.41, 5.74) is -0.891. The Morgan fingerprint density at radius 3 is 2.50 bits per heavy atom. The summed E-state index contributed by atoms with van der Waals surface area (Å²) in [7, 11) is 1.59. The highest BCUT2D eigenvalue weighted by Gasteiger charge is 2.27. The van der Waals surface area contributed by atoms with Crippen molar-refractivity contribution < 1.29 is 14.6 Å². The third kappa shape index (κ3) is 3.69. The summed E-state index contributed by atoms with van der Waals surface area (Å²) in [5.74, 6) is -0.856. The lowest BCUT2D eigenvalue weighted by Crippen LogP contribution is -2.51. The highest BCUT2D eigenvalue weighted by atomic mass is 16.5. The normalized spacial score (nSPS) is 14.3. The molecule has 4 nitrogen and oxygen atoms in total. The fourth-order valence-electron chi connectivity index (χ4n) is 0.969. The van der Waals surface area contributed by atoms with Crippen molar-refractivity contribution >= 4 is 5.97 Å². The third-order valence-corrected chi connectivity index (χ3v) is 1.56. The Hall–Kier alpha value is -0.610. The average molecular weight is 175 g/mol. The molecule has 0 aromatic carbocycles. The monoisotopic (exact) mass is 175 g/mol. The zero-order chi connectivity index (χ0) is 9.78. The zero-order valence-corrected chi connectivity index (χ0v) is 8.05. The summed E-state index contributed by atoms with van der Waals surface area (Å²) < 4.78 is 4.87. The van der Waals surface area contributed by atoms with Crippen LogP contribution in [-0.4, -0.2) is 36.4 Å². The summed E-state index contributed by atoms with van der Waals surface area (Å²) in [6.45, 7) is 5.65. The van der Waals surface area contributed by atoms with Gasteiger partial charge in [0.25, 0.3) is 0 Å². The van der Waals surface area contributed by atoms with Crippen molar-refractivity contribution in [1.29, 1.82) is 0 Å². The second-order valence-electron chi connectivity index (χ2n) is 3.43. The van der Waals surface area contributed by atoms with Gasteiger partial charge < -0.3 is 9.84 Å². The molecule has 72 valence electrons. The number of carbonyl (C=O) groups is 1. The number of aliphatic carboxylic acids is 1.